The Balaban J connectivity index is 1.29. The normalized spacial score (nSPS) is 22.1. The molecule has 0 bridgehead atoms. The Morgan fingerprint density at radius 1 is 1.19 bits per heavy atom. The maximum Gasteiger partial charge on any atom is 0.248 e. The second kappa shape index (κ2) is 8.54. The number of rotatable bonds is 6. The Kier molecular flexibility index (Phi) is 6.13. The molecule has 3 heterocycles. The number of benzene rings is 1. The van der Waals surface area contributed by atoms with Crippen LogP contribution in [0.5, 0.6) is 0 Å². The summed E-state index contributed by atoms with van der Waals surface area (Å²) in [6.45, 7) is 8.40. The maximum absolute atomic E-state index is 13.0. The van der Waals surface area contributed by atoms with E-state index < -0.39 is 10.0 Å². The van der Waals surface area contributed by atoms with Gasteiger partial charge in [0.1, 0.15) is 10.6 Å². The van der Waals surface area contributed by atoms with Crippen LogP contribution < -0.4 is 5.32 Å². The third kappa shape index (κ3) is 4.50. The molecule has 2 aliphatic heterocycles. The van der Waals surface area contributed by atoms with Crippen molar-refractivity contribution in [1.82, 2.24) is 14.4 Å². The minimum Gasteiger partial charge on any atom is -0.360 e. The number of aromatic nitrogens is 1. The van der Waals surface area contributed by atoms with Crippen LogP contribution in [0.3, 0.4) is 0 Å². The lowest BCUT2D eigenvalue weighted by Crippen LogP contribution is -2.34. The van der Waals surface area contributed by atoms with Crippen LogP contribution in [0.25, 0.3) is 0 Å². The predicted molar refractivity (Wildman–Crippen MR) is 118 cm³/mol. The summed E-state index contributed by atoms with van der Waals surface area (Å²) < 4.78 is 32.7. The van der Waals surface area contributed by atoms with Crippen molar-refractivity contribution in [1.29, 1.82) is 0 Å². The van der Waals surface area contributed by atoms with Crippen LogP contribution >= 0.6 is 11.6 Å². The van der Waals surface area contributed by atoms with E-state index in [1.807, 2.05) is 19.1 Å². The van der Waals surface area contributed by atoms with Gasteiger partial charge in [-0.15, -0.1) is 0 Å². The molecule has 0 saturated carbocycles. The van der Waals surface area contributed by atoms with Gasteiger partial charge in [0, 0.05) is 49.9 Å². The first kappa shape index (κ1) is 22.3. The van der Waals surface area contributed by atoms with E-state index in [1.165, 1.54) is 0 Å². The molecule has 0 aliphatic carbocycles. The lowest BCUT2D eigenvalue weighted by atomic mass is 10.0. The molecule has 2 fully saturated rings. The summed E-state index contributed by atoms with van der Waals surface area (Å²) in [6, 6.07) is 5.47. The second-order valence-corrected chi connectivity index (χ2v) is 10.8. The highest BCUT2D eigenvalue weighted by Crippen LogP contribution is 2.35. The first-order valence-corrected chi connectivity index (χ1v) is 12.2. The number of aryl methyl sites for hydroxylation is 3. The number of fused-ring (bicyclic) bond motifs is 1. The van der Waals surface area contributed by atoms with Gasteiger partial charge < -0.3 is 14.7 Å². The minimum absolute atomic E-state index is 0.0559. The van der Waals surface area contributed by atoms with Crippen molar-refractivity contribution < 1.29 is 17.7 Å². The molecular weight excluding hydrogens is 440 g/mol. The van der Waals surface area contributed by atoms with E-state index in [0.29, 0.717) is 48.2 Å². The number of anilines is 1. The molecule has 2 saturated heterocycles. The quantitative estimate of drug-likeness (QED) is 0.703. The fourth-order valence-corrected chi connectivity index (χ4v) is 6.58. The first-order chi connectivity index (χ1) is 14.6. The monoisotopic (exact) mass is 466 g/mol. The predicted octanol–water partition coefficient (Wildman–Crippen LogP) is 2.83. The summed E-state index contributed by atoms with van der Waals surface area (Å²) >= 11 is 6.11. The molecule has 2 aliphatic rings. The van der Waals surface area contributed by atoms with Gasteiger partial charge in [0.2, 0.25) is 15.9 Å². The number of sulfonamides is 1. The lowest BCUT2D eigenvalue weighted by Gasteiger charge is -2.21. The third-order valence-corrected chi connectivity index (χ3v) is 8.69. The van der Waals surface area contributed by atoms with Crippen molar-refractivity contribution in [3.63, 3.8) is 0 Å². The van der Waals surface area contributed by atoms with Crippen LogP contribution in [0, 0.1) is 32.6 Å². The number of carbonyl (C=O) groups excluding carboxylic acids is 1. The number of hydrogen-bond donors (Lipinski definition) is 1. The first-order valence-electron chi connectivity index (χ1n) is 10.4. The van der Waals surface area contributed by atoms with Crippen molar-refractivity contribution >= 4 is 33.2 Å². The topological polar surface area (TPSA) is 95.8 Å². The zero-order valence-electron chi connectivity index (χ0n) is 17.9. The summed E-state index contributed by atoms with van der Waals surface area (Å²) in [5.74, 6) is 0.820. The Morgan fingerprint density at radius 3 is 2.45 bits per heavy atom. The van der Waals surface area contributed by atoms with E-state index in [1.54, 1.807) is 24.2 Å². The van der Waals surface area contributed by atoms with Crippen molar-refractivity contribution in [2.24, 2.45) is 11.8 Å². The molecule has 0 spiro atoms. The Hall–Kier alpha value is -1.94. The molecule has 31 heavy (non-hydrogen) atoms. The zero-order valence-corrected chi connectivity index (χ0v) is 19.5. The summed E-state index contributed by atoms with van der Waals surface area (Å²) in [6.07, 6.45) is 0.381. The van der Waals surface area contributed by atoms with Crippen molar-refractivity contribution in [2.75, 3.05) is 38.0 Å². The molecular formula is C21H27ClN4O4S. The highest BCUT2D eigenvalue weighted by Gasteiger charge is 2.45. The number of halogens is 1. The SMILES string of the molecule is Cc1ccc(NC(=O)CCN2CC3CN(S(=O)(=O)c4c(C)noc4C)CC3C2)cc1Cl. The minimum atomic E-state index is -3.60. The summed E-state index contributed by atoms with van der Waals surface area (Å²) in [5, 5.41) is 7.29. The fraction of sp³-hybridized carbons (Fsp3) is 0.524. The second-order valence-electron chi connectivity index (χ2n) is 8.52. The van der Waals surface area contributed by atoms with E-state index in [2.05, 4.69) is 15.4 Å². The molecule has 8 nitrogen and oxygen atoms in total. The van der Waals surface area contributed by atoms with Crippen molar-refractivity contribution in [2.45, 2.75) is 32.1 Å². The molecule has 2 unspecified atom stereocenters. The molecule has 1 aromatic heterocycles. The van der Waals surface area contributed by atoms with Gasteiger partial charge >= 0.3 is 0 Å². The van der Waals surface area contributed by atoms with Crippen LogP contribution in [-0.4, -0.2) is 61.4 Å². The number of likely N-dealkylation sites (tertiary alicyclic amines) is 1. The van der Waals surface area contributed by atoms with Crippen molar-refractivity contribution in [3.05, 3.63) is 40.2 Å². The average Bonchev–Trinajstić information content (AvgIpc) is 3.36. The van der Waals surface area contributed by atoms with Gasteiger partial charge in [0.25, 0.3) is 0 Å². The fourth-order valence-electron chi connectivity index (χ4n) is 4.55. The Morgan fingerprint density at radius 2 is 1.87 bits per heavy atom. The van der Waals surface area contributed by atoms with Crippen LogP contribution in [0.2, 0.25) is 5.02 Å². The van der Waals surface area contributed by atoms with Crippen LogP contribution in [0.15, 0.2) is 27.6 Å². The van der Waals surface area contributed by atoms with Crippen LogP contribution in [0.4, 0.5) is 5.69 Å². The maximum atomic E-state index is 13.0. The summed E-state index contributed by atoms with van der Waals surface area (Å²) in [7, 11) is -3.60. The molecule has 10 heteroatoms. The van der Waals surface area contributed by atoms with Gasteiger partial charge in [-0.1, -0.05) is 22.8 Å². The van der Waals surface area contributed by atoms with Crippen molar-refractivity contribution in [3.8, 4) is 0 Å². The highest BCUT2D eigenvalue weighted by molar-refractivity contribution is 7.89. The highest BCUT2D eigenvalue weighted by atomic mass is 35.5. The molecule has 2 atom stereocenters. The van der Waals surface area contributed by atoms with Gasteiger partial charge in [0.05, 0.1) is 0 Å². The van der Waals surface area contributed by atoms with E-state index in [9.17, 15) is 13.2 Å². The van der Waals surface area contributed by atoms with E-state index >= 15 is 0 Å². The summed E-state index contributed by atoms with van der Waals surface area (Å²) in [4.78, 5) is 14.7. The Bertz CT molecular complexity index is 1070. The molecule has 1 aromatic carbocycles. The van der Waals surface area contributed by atoms with E-state index in [0.717, 1.165) is 18.7 Å². The Labute approximate surface area is 187 Å². The van der Waals surface area contributed by atoms with Gasteiger partial charge in [-0.25, -0.2) is 8.42 Å². The largest absolute Gasteiger partial charge is 0.360 e. The molecule has 1 N–H and O–H groups in total. The molecule has 168 valence electrons. The van der Waals surface area contributed by atoms with Gasteiger partial charge in [0.15, 0.2) is 5.76 Å². The standard InChI is InChI=1S/C21H27ClN4O4S/c1-13-4-5-18(8-19(13)22)23-20(27)6-7-25-9-16-11-26(12-17(16)10-25)31(28,29)21-14(2)24-30-15(21)3/h4-5,8,16-17H,6-7,9-12H2,1-3H3,(H,23,27). The van der Waals surface area contributed by atoms with Crippen LogP contribution in [0.1, 0.15) is 23.4 Å². The molecule has 1 amide bonds. The van der Waals surface area contributed by atoms with Gasteiger partial charge in [-0.05, 0) is 50.3 Å². The number of nitrogens with zero attached hydrogens (tertiary/aromatic N) is 3. The smallest absolute Gasteiger partial charge is 0.248 e. The average molecular weight is 467 g/mol. The number of hydrogen-bond acceptors (Lipinski definition) is 6. The van der Waals surface area contributed by atoms with E-state index in [-0.39, 0.29) is 22.6 Å². The zero-order chi connectivity index (χ0) is 22.3. The summed E-state index contributed by atoms with van der Waals surface area (Å²) in [5.41, 5.74) is 2.06. The number of amides is 1. The van der Waals surface area contributed by atoms with Gasteiger partial charge in [-0.2, -0.15) is 4.31 Å². The van der Waals surface area contributed by atoms with E-state index in [4.69, 9.17) is 16.1 Å². The third-order valence-electron chi connectivity index (χ3n) is 6.20. The molecule has 0 radical (unpaired) electrons. The van der Waals surface area contributed by atoms with Crippen LogP contribution in [-0.2, 0) is 14.8 Å². The lowest BCUT2D eigenvalue weighted by molar-refractivity contribution is -0.116. The number of carbonyl (C=O) groups is 1. The number of nitrogens with one attached hydrogen (secondary N) is 1. The van der Waals surface area contributed by atoms with Gasteiger partial charge in [-0.3, -0.25) is 4.79 Å². The molecule has 2 aromatic rings. The molecule has 4 rings (SSSR count).